The predicted octanol–water partition coefficient (Wildman–Crippen LogP) is 0.532. The van der Waals surface area contributed by atoms with Crippen LogP contribution in [-0.2, 0) is 4.79 Å². The SMILES string of the molecule is COc1cccc(C(=O)NCC(=O)NC(C)C)c1N. The van der Waals surface area contributed by atoms with Gasteiger partial charge in [-0.25, -0.2) is 0 Å². The molecular weight excluding hydrogens is 246 g/mol. The molecule has 104 valence electrons. The molecule has 0 bridgehead atoms. The van der Waals surface area contributed by atoms with Crippen molar-refractivity contribution in [3.05, 3.63) is 23.8 Å². The van der Waals surface area contributed by atoms with Crippen molar-refractivity contribution in [3.63, 3.8) is 0 Å². The lowest BCUT2D eigenvalue weighted by atomic mass is 10.1. The fourth-order valence-corrected chi connectivity index (χ4v) is 1.55. The van der Waals surface area contributed by atoms with Crippen LogP contribution in [0.25, 0.3) is 0 Å². The molecule has 6 heteroatoms. The number of methoxy groups -OCH3 is 1. The van der Waals surface area contributed by atoms with Crippen LogP contribution in [0.2, 0.25) is 0 Å². The molecule has 1 aromatic rings. The molecule has 0 radical (unpaired) electrons. The predicted molar refractivity (Wildman–Crippen MR) is 73.0 cm³/mol. The van der Waals surface area contributed by atoms with E-state index in [0.29, 0.717) is 5.75 Å². The first-order chi connectivity index (χ1) is 8.95. The molecule has 1 aromatic carbocycles. The Morgan fingerprint density at radius 2 is 2.05 bits per heavy atom. The lowest BCUT2D eigenvalue weighted by molar-refractivity contribution is -0.120. The summed E-state index contributed by atoms with van der Waals surface area (Å²) >= 11 is 0. The maximum Gasteiger partial charge on any atom is 0.253 e. The van der Waals surface area contributed by atoms with Crippen molar-refractivity contribution in [2.45, 2.75) is 19.9 Å². The Balaban J connectivity index is 2.66. The molecule has 0 fully saturated rings. The van der Waals surface area contributed by atoms with Crippen LogP contribution in [0, 0.1) is 0 Å². The van der Waals surface area contributed by atoms with Crippen molar-refractivity contribution in [1.82, 2.24) is 10.6 Å². The van der Waals surface area contributed by atoms with E-state index in [9.17, 15) is 9.59 Å². The van der Waals surface area contributed by atoms with E-state index in [-0.39, 0.29) is 29.7 Å². The minimum atomic E-state index is -0.407. The summed E-state index contributed by atoms with van der Waals surface area (Å²) in [4.78, 5) is 23.3. The largest absolute Gasteiger partial charge is 0.495 e. The molecular formula is C13H19N3O3. The molecule has 0 aliphatic heterocycles. The highest BCUT2D eigenvalue weighted by Crippen LogP contribution is 2.24. The Morgan fingerprint density at radius 3 is 2.63 bits per heavy atom. The van der Waals surface area contributed by atoms with Gasteiger partial charge in [-0.3, -0.25) is 9.59 Å². The number of rotatable bonds is 5. The number of carbonyl (C=O) groups is 2. The third-order valence-corrected chi connectivity index (χ3v) is 2.39. The van der Waals surface area contributed by atoms with E-state index in [2.05, 4.69) is 10.6 Å². The Bertz CT molecular complexity index is 472. The fourth-order valence-electron chi connectivity index (χ4n) is 1.55. The van der Waals surface area contributed by atoms with Gasteiger partial charge in [-0.2, -0.15) is 0 Å². The van der Waals surface area contributed by atoms with Gasteiger partial charge in [0.05, 0.1) is 24.9 Å². The number of benzene rings is 1. The van der Waals surface area contributed by atoms with Crippen LogP contribution in [0.3, 0.4) is 0 Å². The van der Waals surface area contributed by atoms with Crippen LogP contribution in [-0.4, -0.2) is 31.5 Å². The lowest BCUT2D eigenvalue weighted by Gasteiger charge is -2.11. The lowest BCUT2D eigenvalue weighted by Crippen LogP contribution is -2.39. The number of carbonyl (C=O) groups excluding carboxylic acids is 2. The summed E-state index contributed by atoms with van der Waals surface area (Å²) in [5.74, 6) is -0.223. The molecule has 4 N–H and O–H groups in total. The third-order valence-electron chi connectivity index (χ3n) is 2.39. The normalized spacial score (nSPS) is 10.1. The molecule has 0 aliphatic rings. The van der Waals surface area contributed by atoms with E-state index in [1.165, 1.54) is 7.11 Å². The number of para-hydroxylation sites is 1. The van der Waals surface area contributed by atoms with Gasteiger partial charge in [-0.05, 0) is 26.0 Å². The highest BCUT2D eigenvalue weighted by molar-refractivity contribution is 6.01. The van der Waals surface area contributed by atoms with Gasteiger partial charge in [0.1, 0.15) is 5.75 Å². The van der Waals surface area contributed by atoms with Crippen molar-refractivity contribution in [1.29, 1.82) is 0 Å². The third kappa shape index (κ3) is 4.17. The van der Waals surface area contributed by atoms with Crippen molar-refractivity contribution in [3.8, 4) is 5.75 Å². The van der Waals surface area contributed by atoms with E-state index in [0.717, 1.165) is 0 Å². The number of ether oxygens (including phenoxy) is 1. The standard InChI is InChI=1S/C13H19N3O3/c1-8(2)16-11(17)7-15-13(18)9-5-4-6-10(19-3)12(9)14/h4-6,8H,7,14H2,1-3H3,(H,15,18)(H,16,17). The van der Waals surface area contributed by atoms with Gasteiger partial charge in [0.2, 0.25) is 5.91 Å². The Kier molecular flexibility index (Phi) is 5.17. The zero-order valence-electron chi connectivity index (χ0n) is 11.3. The minimum absolute atomic E-state index is 0.0336. The van der Waals surface area contributed by atoms with E-state index >= 15 is 0 Å². The zero-order valence-corrected chi connectivity index (χ0v) is 11.3. The molecule has 0 aromatic heterocycles. The van der Waals surface area contributed by atoms with Gasteiger partial charge in [0.15, 0.2) is 0 Å². The van der Waals surface area contributed by atoms with Crippen molar-refractivity contribution in [2.75, 3.05) is 19.4 Å². The van der Waals surface area contributed by atoms with Crippen LogP contribution in [0.15, 0.2) is 18.2 Å². The molecule has 0 saturated heterocycles. The summed E-state index contributed by atoms with van der Waals surface area (Å²) in [5, 5.41) is 5.19. The highest BCUT2D eigenvalue weighted by Gasteiger charge is 2.13. The van der Waals surface area contributed by atoms with Crippen molar-refractivity contribution in [2.24, 2.45) is 0 Å². The van der Waals surface area contributed by atoms with Crippen LogP contribution in [0.4, 0.5) is 5.69 Å². The molecule has 1 rings (SSSR count). The fraction of sp³-hybridized carbons (Fsp3) is 0.385. The van der Waals surface area contributed by atoms with Crippen LogP contribution in [0.1, 0.15) is 24.2 Å². The average Bonchev–Trinajstić information content (AvgIpc) is 2.35. The van der Waals surface area contributed by atoms with Crippen LogP contribution in [0.5, 0.6) is 5.75 Å². The molecule has 6 nitrogen and oxygen atoms in total. The number of nitrogen functional groups attached to an aromatic ring is 1. The zero-order chi connectivity index (χ0) is 14.4. The number of nitrogens with two attached hydrogens (primary N) is 1. The Morgan fingerprint density at radius 1 is 1.37 bits per heavy atom. The summed E-state index contributed by atoms with van der Waals surface area (Å²) in [6.07, 6.45) is 0. The molecule has 0 spiro atoms. The minimum Gasteiger partial charge on any atom is -0.495 e. The van der Waals surface area contributed by atoms with Gasteiger partial charge >= 0.3 is 0 Å². The van der Waals surface area contributed by atoms with Gasteiger partial charge in [-0.1, -0.05) is 6.07 Å². The van der Waals surface area contributed by atoms with Gasteiger partial charge < -0.3 is 21.1 Å². The summed E-state index contributed by atoms with van der Waals surface area (Å²) in [6, 6.07) is 4.94. The summed E-state index contributed by atoms with van der Waals surface area (Å²) in [7, 11) is 1.48. The molecule has 0 aliphatic carbocycles. The van der Waals surface area contributed by atoms with Gasteiger partial charge in [0.25, 0.3) is 5.91 Å². The second-order valence-electron chi connectivity index (χ2n) is 4.33. The number of anilines is 1. The second-order valence-corrected chi connectivity index (χ2v) is 4.33. The van der Waals surface area contributed by atoms with Gasteiger partial charge in [0, 0.05) is 6.04 Å². The number of hydrogen-bond acceptors (Lipinski definition) is 4. The highest BCUT2D eigenvalue weighted by atomic mass is 16.5. The quantitative estimate of drug-likeness (QED) is 0.677. The molecule has 2 amide bonds. The maximum absolute atomic E-state index is 11.9. The number of amides is 2. The first kappa shape index (κ1) is 14.8. The second kappa shape index (κ2) is 6.63. The van der Waals surface area contributed by atoms with E-state index in [4.69, 9.17) is 10.5 Å². The molecule has 0 heterocycles. The first-order valence-electron chi connectivity index (χ1n) is 5.95. The van der Waals surface area contributed by atoms with Crippen molar-refractivity contribution >= 4 is 17.5 Å². The molecule has 0 atom stereocenters. The number of hydrogen-bond donors (Lipinski definition) is 3. The van der Waals surface area contributed by atoms with Crippen LogP contribution < -0.4 is 21.1 Å². The Hall–Kier alpha value is -2.24. The van der Waals surface area contributed by atoms with E-state index < -0.39 is 5.91 Å². The summed E-state index contributed by atoms with van der Waals surface area (Å²) in [6.45, 7) is 3.60. The first-order valence-corrected chi connectivity index (χ1v) is 5.95. The molecule has 19 heavy (non-hydrogen) atoms. The topological polar surface area (TPSA) is 93.4 Å². The Labute approximate surface area is 112 Å². The van der Waals surface area contributed by atoms with Gasteiger partial charge in [-0.15, -0.1) is 0 Å². The van der Waals surface area contributed by atoms with Crippen LogP contribution >= 0.6 is 0 Å². The smallest absolute Gasteiger partial charge is 0.253 e. The molecule has 0 unspecified atom stereocenters. The maximum atomic E-state index is 11.9. The van der Waals surface area contributed by atoms with Crippen molar-refractivity contribution < 1.29 is 14.3 Å². The van der Waals surface area contributed by atoms with E-state index in [1.54, 1.807) is 18.2 Å². The summed E-state index contributed by atoms with van der Waals surface area (Å²) in [5.41, 5.74) is 6.34. The molecule has 0 saturated carbocycles. The average molecular weight is 265 g/mol. The number of nitrogens with one attached hydrogen (secondary N) is 2. The monoisotopic (exact) mass is 265 g/mol. The van der Waals surface area contributed by atoms with E-state index in [1.807, 2.05) is 13.8 Å². The summed E-state index contributed by atoms with van der Waals surface area (Å²) < 4.78 is 5.03.